The molecule has 11 nitrogen and oxygen atoms in total. The number of nitrogens with one attached hydrogen (secondary N) is 3. The predicted molar refractivity (Wildman–Crippen MR) is 156 cm³/mol. The van der Waals surface area contributed by atoms with Gasteiger partial charge in [0.25, 0.3) is 10.0 Å². The third-order valence-electron chi connectivity index (χ3n) is 5.91. The van der Waals surface area contributed by atoms with Gasteiger partial charge >= 0.3 is 0 Å². The molecule has 0 atom stereocenters. The zero-order chi connectivity index (χ0) is 28.8. The summed E-state index contributed by atoms with van der Waals surface area (Å²) in [6.07, 6.45) is 1.65. The maximum Gasteiger partial charge on any atom is 0.263 e. The minimum Gasteiger partial charge on any atom is -0.497 e. The van der Waals surface area contributed by atoms with Crippen molar-refractivity contribution < 1.29 is 22.7 Å². The Balaban J connectivity index is 1.44. The lowest BCUT2D eigenvalue weighted by Crippen LogP contribution is -2.18. The first-order valence-corrected chi connectivity index (χ1v) is 13.9. The third-order valence-corrected chi connectivity index (χ3v) is 7.25. The standard InChI is InChI=1S/C29H26N6O5S/c1-39-22-14-21(15-23(18-22)40-2)32-28-29(34-26-12-4-3-11-25(26)33-28)35-41(37,38)24-10-7-9-20(16-24)31-27(36)17-19-8-5-6-13-30-19/h3-16,18H,17H2,1-2H3,(H,31,36)(H,32,33)(H,34,35). The smallest absolute Gasteiger partial charge is 0.263 e. The number of rotatable bonds is 10. The molecule has 0 aliphatic heterocycles. The Labute approximate surface area is 236 Å². The number of fused-ring (bicyclic) bond motifs is 1. The van der Waals surface area contributed by atoms with Crippen LogP contribution in [-0.2, 0) is 21.2 Å². The van der Waals surface area contributed by atoms with Crippen molar-refractivity contribution in [3.8, 4) is 11.5 Å². The summed E-state index contributed by atoms with van der Waals surface area (Å²) in [4.78, 5) is 25.7. The van der Waals surface area contributed by atoms with Crippen LogP contribution < -0.4 is 24.8 Å². The van der Waals surface area contributed by atoms with Gasteiger partial charge in [-0.2, -0.15) is 0 Å². The molecule has 0 saturated carbocycles. The molecule has 0 aliphatic rings. The van der Waals surface area contributed by atoms with E-state index < -0.39 is 10.0 Å². The van der Waals surface area contributed by atoms with Crippen LogP contribution in [0.25, 0.3) is 11.0 Å². The van der Waals surface area contributed by atoms with Crippen LogP contribution in [0.3, 0.4) is 0 Å². The topological polar surface area (TPSA) is 144 Å². The van der Waals surface area contributed by atoms with E-state index in [0.29, 0.717) is 39.6 Å². The number of aromatic nitrogens is 3. The molecule has 0 saturated heterocycles. The quantitative estimate of drug-likeness (QED) is 0.216. The normalized spacial score (nSPS) is 11.1. The number of para-hydroxylation sites is 2. The van der Waals surface area contributed by atoms with Gasteiger partial charge in [0.15, 0.2) is 11.6 Å². The van der Waals surface area contributed by atoms with Crippen molar-refractivity contribution in [1.82, 2.24) is 15.0 Å². The van der Waals surface area contributed by atoms with Gasteiger partial charge in [-0.25, -0.2) is 18.4 Å². The number of amides is 1. The molecule has 0 aliphatic carbocycles. The van der Waals surface area contributed by atoms with Crippen molar-refractivity contribution in [2.75, 3.05) is 29.6 Å². The number of methoxy groups -OCH3 is 2. The summed E-state index contributed by atoms with van der Waals surface area (Å²) in [5.41, 5.74) is 2.52. The van der Waals surface area contributed by atoms with Gasteiger partial charge in [0.05, 0.1) is 36.6 Å². The molecule has 208 valence electrons. The van der Waals surface area contributed by atoms with Crippen LogP contribution in [0.2, 0.25) is 0 Å². The number of hydrogen-bond acceptors (Lipinski definition) is 9. The number of sulfonamides is 1. The van der Waals surface area contributed by atoms with Gasteiger partial charge in [0, 0.05) is 41.5 Å². The summed E-state index contributed by atoms with van der Waals surface area (Å²) in [6, 6.07) is 23.5. The van der Waals surface area contributed by atoms with Crippen LogP contribution in [-0.4, -0.2) is 43.5 Å². The van der Waals surface area contributed by atoms with Gasteiger partial charge in [-0.05, 0) is 42.5 Å². The van der Waals surface area contributed by atoms with E-state index in [9.17, 15) is 13.2 Å². The number of carbonyl (C=O) groups excluding carboxylic acids is 1. The number of ether oxygens (including phenoxy) is 2. The van der Waals surface area contributed by atoms with Crippen molar-refractivity contribution in [3.05, 3.63) is 96.8 Å². The second-order valence-corrected chi connectivity index (χ2v) is 10.5. The maximum atomic E-state index is 13.5. The van der Waals surface area contributed by atoms with Gasteiger partial charge in [0.2, 0.25) is 5.91 Å². The number of anilines is 4. The largest absolute Gasteiger partial charge is 0.497 e. The molecule has 0 fully saturated rings. The minimum atomic E-state index is -4.15. The summed E-state index contributed by atoms with van der Waals surface area (Å²) in [5.74, 6) is 0.888. The molecule has 41 heavy (non-hydrogen) atoms. The third kappa shape index (κ3) is 6.68. The van der Waals surface area contributed by atoms with Crippen LogP contribution >= 0.6 is 0 Å². The molecule has 3 N–H and O–H groups in total. The van der Waals surface area contributed by atoms with Gasteiger partial charge in [-0.15, -0.1) is 0 Å². The van der Waals surface area contributed by atoms with Crippen molar-refractivity contribution in [3.63, 3.8) is 0 Å². The van der Waals surface area contributed by atoms with E-state index in [1.165, 1.54) is 26.4 Å². The monoisotopic (exact) mass is 570 g/mol. The second-order valence-electron chi connectivity index (χ2n) is 8.82. The maximum absolute atomic E-state index is 13.5. The first-order chi connectivity index (χ1) is 19.8. The molecule has 0 bridgehead atoms. The fraction of sp³-hybridized carbons (Fsp3) is 0.103. The van der Waals surface area contributed by atoms with Gasteiger partial charge in [-0.3, -0.25) is 14.5 Å². The number of hydrogen-bond donors (Lipinski definition) is 3. The Bertz CT molecular complexity index is 1790. The summed E-state index contributed by atoms with van der Waals surface area (Å²) < 4.78 is 40.2. The molecule has 5 rings (SSSR count). The number of carbonyl (C=O) groups is 1. The highest BCUT2D eigenvalue weighted by atomic mass is 32.2. The van der Waals surface area contributed by atoms with E-state index in [2.05, 4.69) is 30.3 Å². The summed E-state index contributed by atoms with van der Waals surface area (Å²) >= 11 is 0. The molecular weight excluding hydrogens is 544 g/mol. The summed E-state index contributed by atoms with van der Waals surface area (Å²) in [7, 11) is -1.08. The highest BCUT2D eigenvalue weighted by Crippen LogP contribution is 2.31. The lowest BCUT2D eigenvalue weighted by molar-refractivity contribution is -0.115. The van der Waals surface area contributed by atoms with Crippen molar-refractivity contribution in [2.24, 2.45) is 0 Å². The van der Waals surface area contributed by atoms with E-state index in [4.69, 9.17) is 9.47 Å². The summed E-state index contributed by atoms with van der Waals surface area (Å²) in [6.45, 7) is 0. The van der Waals surface area contributed by atoms with Crippen LogP contribution in [0.15, 0.2) is 96.0 Å². The van der Waals surface area contributed by atoms with Gasteiger partial charge in [-0.1, -0.05) is 24.3 Å². The Morgan fingerprint density at radius 2 is 1.46 bits per heavy atom. The zero-order valence-corrected chi connectivity index (χ0v) is 23.0. The molecule has 12 heteroatoms. The average molecular weight is 571 g/mol. The van der Waals surface area contributed by atoms with Crippen LogP contribution in [0.5, 0.6) is 11.5 Å². The van der Waals surface area contributed by atoms with E-state index in [-0.39, 0.29) is 28.9 Å². The molecule has 0 spiro atoms. The molecule has 2 aromatic heterocycles. The number of pyridine rings is 1. The van der Waals surface area contributed by atoms with Crippen molar-refractivity contribution in [1.29, 1.82) is 0 Å². The molecule has 0 unspecified atom stereocenters. The Morgan fingerprint density at radius 1 is 0.780 bits per heavy atom. The van der Waals surface area contributed by atoms with Crippen molar-refractivity contribution >= 4 is 50.0 Å². The van der Waals surface area contributed by atoms with Gasteiger partial charge < -0.3 is 20.1 Å². The van der Waals surface area contributed by atoms with Gasteiger partial charge in [0.1, 0.15) is 11.5 Å². The van der Waals surface area contributed by atoms with E-state index in [1.807, 2.05) is 6.07 Å². The number of benzene rings is 3. The second kappa shape index (κ2) is 11.9. The SMILES string of the molecule is COc1cc(Nc2nc3ccccc3nc2NS(=O)(=O)c2cccc(NC(=O)Cc3ccccn3)c2)cc(OC)c1. The predicted octanol–water partition coefficient (Wildman–Crippen LogP) is 4.77. The van der Waals surface area contributed by atoms with E-state index in [1.54, 1.807) is 72.9 Å². The van der Waals surface area contributed by atoms with Crippen molar-refractivity contribution in [2.45, 2.75) is 11.3 Å². The molecule has 1 amide bonds. The fourth-order valence-corrected chi connectivity index (χ4v) is 5.03. The Hall–Kier alpha value is -5.23. The highest BCUT2D eigenvalue weighted by molar-refractivity contribution is 7.92. The molecule has 2 heterocycles. The van der Waals surface area contributed by atoms with Crippen LogP contribution in [0, 0.1) is 0 Å². The first kappa shape index (κ1) is 27.3. The molecule has 0 radical (unpaired) electrons. The summed E-state index contributed by atoms with van der Waals surface area (Å²) in [5, 5.41) is 5.85. The van der Waals surface area contributed by atoms with Crippen LogP contribution in [0.4, 0.5) is 23.0 Å². The van der Waals surface area contributed by atoms with E-state index in [0.717, 1.165) is 0 Å². The zero-order valence-electron chi connectivity index (χ0n) is 22.2. The average Bonchev–Trinajstić information content (AvgIpc) is 2.97. The van der Waals surface area contributed by atoms with Crippen LogP contribution in [0.1, 0.15) is 5.69 Å². The number of nitrogens with zero attached hydrogens (tertiary/aromatic N) is 3. The Morgan fingerprint density at radius 3 is 2.12 bits per heavy atom. The molecular formula is C29H26N6O5S. The fourth-order valence-electron chi connectivity index (χ4n) is 3.97. The first-order valence-electron chi connectivity index (χ1n) is 12.4. The molecule has 5 aromatic rings. The lowest BCUT2D eigenvalue weighted by Gasteiger charge is -2.15. The minimum absolute atomic E-state index is 0.0184. The lowest BCUT2D eigenvalue weighted by atomic mass is 10.2. The van der Waals surface area contributed by atoms with E-state index >= 15 is 0 Å². The highest BCUT2D eigenvalue weighted by Gasteiger charge is 2.20. The molecule has 3 aromatic carbocycles. The Kier molecular flexibility index (Phi) is 7.92.